The molecule has 9 heteroatoms. The minimum Gasteiger partial charge on any atom is -0.336 e. The van der Waals surface area contributed by atoms with E-state index in [2.05, 4.69) is 20.5 Å². The Morgan fingerprint density at radius 3 is 2.83 bits per heavy atom. The summed E-state index contributed by atoms with van der Waals surface area (Å²) >= 11 is 0. The number of nitrogens with zero attached hydrogens (tertiary/aromatic N) is 6. The van der Waals surface area contributed by atoms with Crippen molar-refractivity contribution < 1.29 is 9.59 Å². The Balaban J connectivity index is 1.55. The molecule has 2 aliphatic heterocycles. The van der Waals surface area contributed by atoms with Crippen molar-refractivity contribution in [2.75, 3.05) is 11.9 Å². The maximum absolute atomic E-state index is 13.3. The molecular formula is C20H21N7O2. The number of imidazole rings is 1. The third kappa shape index (κ3) is 2.57. The predicted octanol–water partition coefficient (Wildman–Crippen LogP) is 1.27. The van der Waals surface area contributed by atoms with E-state index < -0.39 is 11.5 Å². The Bertz CT molecular complexity index is 1070. The van der Waals surface area contributed by atoms with Crippen molar-refractivity contribution in [2.24, 2.45) is 7.05 Å². The van der Waals surface area contributed by atoms with Crippen molar-refractivity contribution in [3.63, 3.8) is 0 Å². The third-order valence-corrected chi connectivity index (χ3v) is 6.06. The van der Waals surface area contributed by atoms with Gasteiger partial charge in [-0.25, -0.2) is 4.98 Å². The molecule has 5 rings (SSSR count). The Labute approximate surface area is 167 Å². The van der Waals surface area contributed by atoms with Gasteiger partial charge in [-0.05, 0) is 18.1 Å². The van der Waals surface area contributed by atoms with Crippen LogP contribution in [0.25, 0.3) is 0 Å². The summed E-state index contributed by atoms with van der Waals surface area (Å²) in [4.78, 5) is 32.8. The van der Waals surface area contributed by atoms with Crippen LogP contribution in [-0.4, -0.2) is 47.6 Å². The van der Waals surface area contributed by atoms with Crippen LogP contribution in [0.2, 0.25) is 0 Å². The van der Waals surface area contributed by atoms with Gasteiger partial charge in [0.1, 0.15) is 29.9 Å². The average Bonchev–Trinajstić information content (AvgIpc) is 3.49. The maximum atomic E-state index is 13.3. The zero-order valence-electron chi connectivity index (χ0n) is 16.0. The standard InChI is InChI=1S/C20H21N7O2/c1-25-11-8-21-18(25)17-20(14-4-2-3-5-15(14)24-19(20)29)7-10-27(17)16(28)6-9-26-12-22-23-13-26/h2-5,8,11-13,17H,6-7,9-10H2,1H3,(H,24,29)/t17-,20+/m0/s1. The molecule has 2 atom stereocenters. The number of carbonyl (C=O) groups excluding carboxylic acids is 2. The number of likely N-dealkylation sites (tertiary alicyclic amines) is 1. The number of aromatic nitrogens is 5. The molecule has 1 saturated heterocycles. The highest BCUT2D eigenvalue weighted by atomic mass is 16.2. The molecule has 0 aliphatic carbocycles. The number of benzene rings is 1. The first-order valence-corrected chi connectivity index (χ1v) is 9.61. The van der Waals surface area contributed by atoms with Gasteiger partial charge >= 0.3 is 0 Å². The van der Waals surface area contributed by atoms with Crippen LogP contribution in [0.4, 0.5) is 5.69 Å². The van der Waals surface area contributed by atoms with Crippen LogP contribution in [0.5, 0.6) is 0 Å². The van der Waals surface area contributed by atoms with Gasteiger partial charge in [0, 0.05) is 44.6 Å². The molecule has 2 aliphatic rings. The second kappa shape index (κ2) is 6.54. The number of carbonyl (C=O) groups is 2. The summed E-state index contributed by atoms with van der Waals surface area (Å²) in [5, 5.41) is 10.6. The Hall–Kier alpha value is -3.49. The lowest BCUT2D eigenvalue weighted by Gasteiger charge is -2.33. The molecule has 9 nitrogen and oxygen atoms in total. The molecule has 1 spiro atoms. The zero-order valence-corrected chi connectivity index (χ0v) is 16.0. The molecule has 4 heterocycles. The Morgan fingerprint density at radius 2 is 2.07 bits per heavy atom. The van der Waals surface area contributed by atoms with E-state index in [4.69, 9.17) is 0 Å². The van der Waals surface area contributed by atoms with E-state index in [1.807, 2.05) is 47.0 Å². The highest BCUT2D eigenvalue weighted by Crippen LogP contribution is 2.54. The number of hydrogen-bond donors (Lipinski definition) is 1. The predicted molar refractivity (Wildman–Crippen MR) is 104 cm³/mol. The average molecular weight is 391 g/mol. The van der Waals surface area contributed by atoms with Gasteiger partial charge in [0.15, 0.2) is 0 Å². The molecule has 1 fully saturated rings. The number of para-hydroxylation sites is 1. The van der Waals surface area contributed by atoms with Crippen molar-refractivity contribution in [3.8, 4) is 0 Å². The molecule has 1 aromatic carbocycles. The monoisotopic (exact) mass is 391 g/mol. The molecule has 148 valence electrons. The fourth-order valence-electron chi connectivity index (χ4n) is 4.66. The van der Waals surface area contributed by atoms with E-state index in [9.17, 15) is 9.59 Å². The van der Waals surface area contributed by atoms with Crippen LogP contribution in [0.3, 0.4) is 0 Å². The topological polar surface area (TPSA) is 97.9 Å². The van der Waals surface area contributed by atoms with Gasteiger partial charge < -0.3 is 19.4 Å². The first kappa shape index (κ1) is 17.6. The van der Waals surface area contributed by atoms with Gasteiger partial charge in [0.2, 0.25) is 11.8 Å². The Kier molecular flexibility index (Phi) is 3.97. The zero-order chi connectivity index (χ0) is 20.0. The van der Waals surface area contributed by atoms with Crippen LogP contribution < -0.4 is 5.32 Å². The lowest BCUT2D eigenvalue weighted by molar-refractivity contribution is -0.134. The lowest BCUT2D eigenvalue weighted by Crippen LogP contribution is -2.43. The van der Waals surface area contributed by atoms with E-state index >= 15 is 0 Å². The maximum Gasteiger partial charge on any atom is 0.237 e. The summed E-state index contributed by atoms with van der Waals surface area (Å²) in [6, 6.07) is 7.28. The fourth-order valence-corrected chi connectivity index (χ4v) is 4.66. The molecule has 2 aromatic heterocycles. The van der Waals surface area contributed by atoms with Crippen molar-refractivity contribution in [1.82, 2.24) is 29.2 Å². The van der Waals surface area contributed by atoms with Gasteiger partial charge in [0.05, 0.1) is 0 Å². The van der Waals surface area contributed by atoms with Crippen LogP contribution in [0, 0.1) is 0 Å². The first-order valence-electron chi connectivity index (χ1n) is 9.61. The highest BCUT2D eigenvalue weighted by Gasteiger charge is 2.60. The molecule has 1 N–H and O–H groups in total. The third-order valence-electron chi connectivity index (χ3n) is 6.06. The van der Waals surface area contributed by atoms with Crippen LogP contribution in [0.15, 0.2) is 49.3 Å². The van der Waals surface area contributed by atoms with Gasteiger partial charge in [-0.15, -0.1) is 10.2 Å². The molecule has 0 bridgehead atoms. The number of rotatable bonds is 4. The molecule has 29 heavy (non-hydrogen) atoms. The number of aryl methyl sites for hydroxylation is 2. The van der Waals surface area contributed by atoms with Crippen molar-refractivity contribution >= 4 is 17.5 Å². The summed E-state index contributed by atoms with van der Waals surface area (Å²) in [5.74, 6) is 0.633. The summed E-state index contributed by atoms with van der Waals surface area (Å²) in [6.45, 7) is 0.992. The molecule has 0 saturated carbocycles. The van der Waals surface area contributed by atoms with E-state index in [-0.39, 0.29) is 11.8 Å². The summed E-state index contributed by atoms with van der Waals surface area (Å²) in [5.41, 5.74) is 0.921. The number of amides is 2. The van der Waals surface area contributed by atoms with E-state index in [0.29, 0.717) is 31.8 Å². The van der Waals surface area contributed by atoms with Gasteiger partial charge in [-0.2, -0.15) is 0 Å². The fraction of sp³-hybridized carbons (Fsp3) is 0.350. The van der Waals surface area contributed by atoms with E-state index in [1.165, 1.54) is 0 Å². The normalized spacial score (nSPS) is 22.9. The number of nitrogens with one attached hydrogen (secondary N) is 1. The molecule has 2 amide bonds. The van der Waals surface area contributed by atoms with E-state index in [1.54, 1.807) is 23.4 Å². The van der Waals surface area contributed by atoms with Crippen molar-refractivity contribution in [3.05, 3.63) is 60.7 Å². The number of fused-ring (bicyclic) bond motifs is 2. The minimum absolute atomic E-state index is 0.0132. The second-order valence-electron chi connectivity index (χ2n) is 7.56. The van der Waals surface area contributed by atoms with Crippen molar-refractivity contribution in [1.29, 1.82) is 0 Å². The van der Waals surface area contributed by atoms with Crippen LogP contribution in [0.1, 0.15) is 30.3 Å². The van der Waals surface area contributed by atoms with Crippen molar-refractivity contribution in [2.45, 2.75) is 30.8 Å². The Morgan fingerprint density at radius 1 is 1.28 bits per heavy atom. The first-order chi connectivity index (χ1) is 14.1. The summed E-state index contributed by atoms with van der Waals surface area (Å²) in [6.07, 6.45) is 7.61. The second-order valence-corrected chi connectivity index (χ2v) is 7.56. The molecule has 0 unspecified atom stereocenters. The number of anilines is 1. The quantitative estimate of drug-likeness (QED) is 0.722. The molecular weight excluding hydrogens is 370 g/mol. The SMILES string of the molecule is Cn1ccnc1[C@@H]1N(C(=O)CCn2cnnc2)CC[C@]12C(=O)Nc1ccccc12. The van der Waals surface area contributed by atoms with Crippen LogP contribution >= 0.6 is 0 Å². The largest absolute Gasteiger partial charge is 0.336 e. The van der Waals surface area contributed by atoms with Gasteiger partial charge in [0.25, 0.3) is 0 Å². The van der Waals surface area contributed by atoms with Crippen LogP contribution in [-0.2, 0) is 28.6 Å². The minimum atomic E-state index is -0.831. The smallest absolute Gasteiger partial charge is 0.237 e. The van der Waals surface area contributed by atoms with Gasteiger partial charge in [-0.3, -0.25) is 9.59 Å². The summed E-state index contributed by atoms with van der Waals surface area (Å²) < 4.78 is 3.67. The number of hydrogen-bond acceptors (Lipinski definition) is 5. The summed E-state index contributed by atoms with van der Waals surface area (Å²) in [7, 11) is 1.90. The lowest BCUT2D eigenvalue weighted by atomic mass is 9.74. The van der Waals surface area contributed by atoms with Gasteiger partial charge in [-0.1, -0.05) is 18.2 Å². The molecule has 3 aromatic rings. The highest BCUT2D eigenvalue weighted by molar-refractivity contribution is 6.07. The van der Waals surface area contributed by atoms with E-state index in [0.717, 1.165) is 11.3 Å². The molecule has 0 radical (unpaired) electrons.